The van der Waals surface area contributed by atoms with Crippen molar-refractivity contribution in [1.82, 2.24) is 19.7 Å². The molecule has 2 aromatic heterocycles. The normalized spacial score (nSPS) is 18.1. The van der Waals surface area contributed by atoms with Crippen LogP contribution in [0.4, 0.5) is 5.13 Å². The molecule has 3 heterocycles. The van der Waals surface area contributed by atoms with Gasteiger partial charge in [0, 0.05) is 63.1 Å². The zero-order chi connectivity index (χ0) is 14.8. The van der Waals surface area contributed by atoms with Crippen LogP contribution in [0.2, 0.25) is 0 Å². The van der Waals surface area contributed by atoms with Crippen molar-refractivity contribution in [3.05, 3.63) is 29.0 Å². The zero-order valence-corrected chi connectivity index (χ0v) is 13.4. The number of aryl methyl sites for hydroxylation is 2. The zero-order valence-electron chi connectivity index (χ0n) is 12.6. The fourth-order valence-electron chi connectivity index (χ4n) is 3.01. The highest BCUT2D eigenvalue weighted by Gasteiger charge is 2.27. The number of anilines is 1. The molecule has 6 nitrogen and oxygen atoms in total. The average molecular weight is 306 g/mol. The van der Waals surface area contributed by atoms with E-state index in [1.807, 2.05) is 23.3 Å². The molecular weight excluding hydrogens is 284 g/mol. The van der Waals surface area contributed by atoms with Crippen LogP contribution in [0.25, 0.3) is 0 Å². The van der Waals surface area contributed by atoms with Crippen molar-refractivity contribution in [2.24, 2.45) is 12.8 Å². The van der Waals surface area contributed by atoms with E-state index in [0.717, 1.165) is 37.0 Å². The number of nitrogens with zero attached hydrogens (tertiary/aromatic N) is 5. The molecular formula is C14H22N6S. The number of piperazine rings is 1. The summed E-state index contributed by atoms with van der Waals surface area (Å²) in [5.74, 6) is 0. The second kappa shape index (κ2) is 6.13. The van der Waals surface area contributed by atoms with Gasteiger partial charge in [0.05, 0.1) is 11.7 Å². The topological polar surface area (TPSA) is 63.2 Å². The molecule has 0 spiro atoms. The van der Waals surface area contributed by atoms with Gasteiger partial charge in [0.1, 0.15) is 0 Å². The Bertz CT molecular complexity index is 570. The maximum atomic E-state index is 6.04. The predicted molar refractivity (Wildman–Crippen MR) is 85.6 cm³/mol. The molecule has 0 bridgehead atoms. The van der Waals surface area contributed by atoms with E-state index < -0.39 is 0 Å². The van der Waals surface area contributed by atoms with E-state index >= 15 is 0 Å². The first-order valence-electron chi connectivity index (χ1n) is 7.27. The van der Waals surface area contributed by atoms with Crippen LogP contribution in [-0.2, 0) is 7.05 Å². The molecule has 1 saturated heterocycles. The fourth-order valence-corrected chi connectivity index (χ4v) is 3.71. The Morgan fingerprint density at radius 2 is 2.10 bits per heavy atom. The van der Waals surface area contributed by atoms with E-state index in [-0.39, 0.29) is 6.04 Å². The van der Waals surface area contributed by atoms with Crippen molar-refractivity contribution in [3.8, 4) is 0 Å². The Labute approximate surface area is 129 Å². The van der Waals surface area contributed by atoms with Gasteiger partial charge in [-0.2, -0.15) is 5.10 Å². The van der Waals surface area contributed by atoms with Crippen LogP contribution in [0, 0.1) is 6.92 Å². The standard InChI is InChI=1S/C14H22N6S/c1-11-12(10-18(2)17-11)13(9-15)19-4-6-20(7-5-19)14-16-3-8-21-14/h3,8,10,13H,4-7,9,15H2,1-2H3. The highest BCUT2D eigenvalue weighted by molar-refractivity contribution is 7.13. The van der Waals surface area contributed by atoms with Crippen LogP contribution in [0.1, 0.15) is 17.3 Å². The molecule has 1 atom stereocenters. The lowest BCUT2D eigenvalue weighted by atomic mass is 10.1. The van der Waals surface area contributed by atoms with E-state index in [1.165, 1.54) is 5.56 Å². The largest absolute Gasteiger partial charge is 0.346 e. The van der Waals surface area contributed by atoms with Crippen LogP contribution in [0.5, 0.6) is 0 Å². The van der Waals surface area contributed by atoms with Crippen molar-refractivity contribution in [1.29, 1.82) is 0 Å². The Hall–Kier alpha value is -1.44. The van der Waals surface area contributed by atoms with Crippen LogP contribution in [0.15, 0.2) is 17.8 Å². The van der Waals surface area contributed by atoms with Gasteiger partial charge in [0.15, 0.2) is 5.13 Å². The van der Waals surface area contributed by atoms with E-state index in [2.05, 4.69) is 33.0 Å². The monoisotopic (exact) mass is 306 g/mol. The van der Waals surface area contributed by atoms with Gasteiger partial charge >= 0.3 is 0 Å². The molecule has 1 aliphatic rings. The van der Waals surface area contributed by atoms with Crippen LogP contribution in [-0.4, -0.2) is 52.4 Å². The van der Waals surface area contributed by atoms with Crippen LogP contribution >= 0.6 is 11.3 Å². The highest BCUT2D eigenvalue weighted by atomic mass is 32.1. The SMILES string of the molecule is Cc1nn(C)cc1C(CN)N1CCN(c2nccs2)CC1. The van der Waals surface area contributed by atoms with E-state index in [0.29, 0.717) is 6.54 Å². The van der Waals surface area contributed by atoms with Crippen LogP contribution in [0.3, 0.4) is 0 Å². The molecule has 1 aliphatic heterocycles. The number of hydrogen-bond acceptors (Lipinski definition) is 6. The summed E-state index contributed by atoms with van der Waals surface area (Å²) < 4.78 is 1.87. The second-order valence-electron chi connectivity index (χ2n) is 5.43. The van der Waals surface area contributed by atoms with Crippen molar-refractivity contribution < 1.29 is 0 Å². The molecule has 114 valence electrons. The number of thiazole rings is 1. The Morgan fingerprint density at radius 1 is 1.33 bits per heavy atom. The number of aromatic nitrogens is 3. The smallest absolute Gasteiger partial charge is 0.185 e. The van der Waals surface area contributed by atoms with Gasteiger partial charge in [0.2, 0.25) is 0 Å². The van der Waals surface area contributed by atoms with Gasteiger partial charge in [-0.3, -0.25) is 9.58 Å². The summed E-state index contributed by atoms with van der Waals surface area (Å²) in [6.45, 7) is 6.71. The van der Waals surface area contributed by atoms with Crippen molar-refractivity contribution in [3.63, 3.8) is 0 Å². The molecule has 0 saturated carbocycles. The van der Waals surface area contributed by atoms with Crippen molar-refractivity contribution in [2.45, 2.75) is 13.0 Å². The van der Waals surface area contributed by atoms with Gasteiger partial charge < -0.3 is 10.6 Å². The summed E-state index contributed by atoms with van der Waals surface area (Å²) in [4.78, 5) is 9.21. The van der Waals surface area contributed by atoms with Gasteiger partial charge in [-0.25, -0.2) is 4.98 Å². The molecule has 3 rings (SSSR count). The lowest BCUT2D eigenvalue weighted by Gasteiger charge is -2.38. The molecule has 7 heteroatoms. The van der Waals surface area contributed by atoms with Gasteiger partial charge in [-0.15, -0.1) is 11.3 Å². The quantitative estimate of drug-likeness (QED) is 0.913. The first-order valence-corrected chi connectivity index (χ1v) is 8.15. The minimum absolute atomic E-state index is 0.261. The Morgan fingerprint density at radius 3 is 2.62 bits per heavy atom. The molecule has 0 aliphatic carbocycles. The number of rotatable bonds is 4. The predicted octanol–water partition coefficient (Wildman–Crippen LogP) is 1.01. The van der Waals surface area contributed by atoms with E-state index in [4.69, 9.17) is 5.73 Å². The maximum Gasteiger partial charge on any atom is 0.185 e. The first kappa shape index (κ1) is 14.5. The summed E-state index contributed by atoms with van der Waals surface area (Å²) in [5, 5.41) is 7.60. The molecule has 1 fully saturated rings. The molecule has 2 N–H and O–H groups in total. The maximum absolute atomic E-state index is 6.04. The first-order chi connectivity index (χ1) is 10.2. The Kier molecular flexibility index (Phi) is 4.23. The van der Waals surface area contributed by atoms with E-state index in [9.17, 15) is 0 Å². The lowest BCUT2D eigenvalue weighted by Crippen LogP contribution is -2.49. The van der Waals surface area contributed by atoms with Gasteiger partial charge in [-0.1, -0.05) is 0 Å². The second-order valence-corrected chi connectivity index (χ2v) is 6.31. The van der Waals surface area contributed by atoms with E-state index in [1.54, 1.807) is 11.3 Å². The molecule has 0 amide bonds. The number of hydrogen-bond donors (Lipinski definition) is 1. The summed E-state index contributed by atoms with van der Waals surface area (Å²) in [5.41, 5.74) is 8.37. The summed E-state index contributed by atoms with van der Waals surface area (Å²) >= 11 is 1.71. The highest BCUT2D eigenvalue weighted by Crippen LogP contribution is 2.25. The molecule has 2 aromatic rings. The fraction of sp³-hybridized carbons (Fsp3) is 0.571. The molecule has 0 aromatic carbocycles. The third-order valence-electron chi connectivity index (χ3n) is 4.08. The molecule has 21 heavy (non-hydrogen) atoms. The molecule has 1 unspecified atom stereocenters. The minimum Gasteiger partial charge on any atom is -0.346 e. The van der Waals surface area contributed by atoms with Crippen molar-refractivity contribution >= 4 is 16.5 Å². The third kappa shape index (κ3) is 2.95. The summed E-state index contributed by atoms with van der Waals surface area (Å²) in [7, 11) is 1.96. The summed E-state index contributed by atoms with van der Waals surface area (Å²) in [6, 6.07) is 0.261. The van der Waals surface area contributed by atoms with Crippen molar-refractivity contribution in [2.75, 3.05) is 37.6 Å². The summed E-state index contributed by atoms with van der Waals surface area (Å²) in [6.07, 6.45) is 3.97. The number of nitrogens with two attached hydrogens (primary N) is 1. The van der Waals surface area contributed by atoms with Gasteiger partial charge in [0.25, 0.3) is 0 Å². The average Bonchev–Trinajstić information content (AvgIpc) is 3.11. The third-order valence-corrected chi connectivity index (χ3v) is 4.91. The molecule has 0 radical (unpaired) electrons. The van der Waals surface area contributed by atoms with Gasteiger partial charge in [-0.05, 0) is 6.92 Å². The minimum atomic E-state index is 0.261. The lowest BCUT2D eigenvalue weighted by molar-refractivity contribution is 0.189. The van der Waals surface area contributed by atoms with Crippen LogP contribution < -0.4 is 10.6 Å². The Balaban J connectivity index is 1.68.